The molecule has 0 aliphatic rings. The van der Waals surface area contributed by atoms with Crippen molar-refractivity contribution in [3.63, 3.8) is 0 Å². The zero-order valence-electron chi connectivity index (χ0n) is 8.73. The Kier molecular flexibility index (Phi) is 2.38. The number of benzene rings is 1. The van der Waals surface area contributed by atoms with Gasteiger partial charge in [-0.3, -0.25) is 0 Å². The molecule has 16 heavy (non-hydrogen) atoms. The molecule has 1 aromatic carbocycles. The molecule has 0 radical (unpaired) electrons. The number of hydrogen-bond donors (Lipinski definition) is 1. The molecule has 0 unspecified atom stereocenters. The summed E-state index contributed by atoms with van der Waals surface area (Å²) in [6, 6.07) is 2.11. The molecular formula is C11H9F2NO2. The Balaban J connectivity index is 2.74. The quantitative estimate of drug-likeness (QED) is 0.758. The van der Waals surface area contributed by atoms with Crippen molar-refractivity contribution in [2.75, 3.05) is 7.11 Å². The van der Waals surface area contributed by atoms with Crippen molar-refractivity contribution < 1.29 is 18.3 Å². The SMILES string of the molecule is COC(=O)c1cc2c(F)cc(F)c(C)c2[nH]1. The van der Waals surface area contributed by atoms with E-state index in [1.807, 2.05) is 0 Å². The third kappa shape index (κ3) is 1.44. The van der Waals surface area contributed by atoms with E-state index in [0.29, 0.717) is 0 Å². The van der Waals surface area contributed by atoms with Crippen molar-refractivity contribution in [3.8, 4) is 0 Å². The number of aromatic amines is 1. The van der Waals surface area contributed by atoms with Crippen LogP contribution in [0.1, 0.15) is 16.1 Å². The van der Waals surface area contributed by atoms with E-state index in [1.165, 1.54) is 20.1 Å². The number of esters is 1. The predicted octanol–water partition coefficient (Wildman–Crippen LogP) is 2.54. The van der Waals surface area contributed by atoms with Gasteiger partial charge < -0.3 is 9.72 Å². The van der Waals surface area contributed by atoms with Gasteiger partial charge in [-0.1, -0.05) is 0 Å². The molecule has 1 heterocycles. The van der Waals surface area contributed by atoms with Crippen molar-refractivity contribution >= 4 is 16.9 Å². The molecule has 0 amide bonds. The van der Waals surface area contributed by atoms with E-state index in [9.17, 15) is 13.6 Å². The number of carbonyl (C=O) groups is 1. The monoisotopic (exact) mass is 225 g/mol. The first-order valence-corrected chi connectivity index (χ1v) is 4.60. The third-order valence-corrected chi connectivity index (χ3v) is 2.47. The van der Waals surface area contributed by atoms with Crippen LogP contribution in [0.25, 0.3) is 10.9 Å². The van der Waals surface area contributed by atoms with Gasteiger partial charge in [0, 0.05) is 17.0 Å². The lowest BCUT2D eigenvalue weighted by Crippen LogP contribution is -2.00. The van der Waals surface area contributed by atoms with Gasteiger partial charge in [0.2, 0.25) is 0 Å². The molecule has 0 aliphatic carbocycles. The number of halogens is 2. The Morgan fingerprint density at radius 1 is 1.31 bits per heavy atom. The molecular weight excluding hydrogens is 216 g/mol. The highest BCUT2D eigenvalue weighted by molar-refractivity contribution is 5.95. The van der Waals surface area contributed by atoms with Crippen molar-refractivity contribution in [2.45, 2.75) is 6.92 Å². The molecule has 2 rings (SSSR count). The number of aryl methyl sites for hydroxylation is 1. The van der Waals surface area contributed by atoms with E-state index in [0.717, 1.165) is 6.07 Å². The Labute approximate surface area is 90.0 Å². The lowest BCUT2D eigenvalue weighted by Gasteiger charge is -1.99. The van der Waals surface area contributed by atoms with Crippen molar-refractivity contribution in [1.29, 1.82) is 0 Å². The molecule has 1 N–H and O–H groups in total. The van der Waals surface area contributed by atoms with E-state index in [4.69, 9.17) is 0 Å². The molecule has 0 fully saturated rings. The van der Waals surface area contributed by atoms with Crippen LogP contribution in [0.15, 0.2) is 12.1 Å². The normalized spacial score (nSPS) is 10.8. The highest BCUT2D eigenvalue weighted by atomic mass is 19.1. The number of hydrogen-bond acceptors (Lipinski definition) is 2. The van der Waals surface area contributed by atoms with Crippen LogP contribution in [0.4, 0.5) is 8.78 Å². The number of rotatable bonds is 1. The lowest BCUT2D eigenvalue weighted by molar-refractivity contribution is 0.0595. The van der Waals surface area contributed by atoms with Gasteiger partial charge in [-0.25, -0.2) is 13.6 Å². The maximum atomic E-state index is 13.4. The number of carbonyl (C=O) groups excluding carboxylic acids is 1. The van der Waals surface area contributed by atoms with Crippen molar-refractivity contribution in [3.05, 3.63) is 35.0 Å². The smallest absolute Gasteiger partial charge is 0.354 e. The van der Waals surface area contributed by atoms with Crippen LogP contribution in [0.5, 0.6) is 0 Å². The fraction of sp³-hybridized carbons (Fsp3) is 0.182. The van der Waals surface area contributed by atoms with Gasteiger partial charge in [-0.05, 0) is 13.0 Å². The molecule has 0 atom stereocenters. The second kappa shape index (κ2) is 3.59. The van der Waals surface area contributed by atoms with Gasteiger partial charge in [0.1, 0.15) is 17.3 Å². The number of methoxy groups -OCH3 is 1. The minimum absolute atomic E-state index is 0.102. The predicted molar refractivity (Wildman–Crippen MR) is 54.3 cm³/mol. The van der Waals surface area contributed by atoms with Gasteiger partial charge >= 0.3 is 5.97 Å². The van der Waals surface area contributed by atoms with E-state index in [-0.39, 0.29) is 22.2 Å². The Morgan fingerprint density at radius 2 is 2.00 bits per heavy atom. The van der Waals surface area contributed by atoms with Crippen LogP contribution >= 0.6 is 0 Å². The molecule has 2 aromatic rings. The van der Waals surface area contributed by atoms with Crippen LogP contribution in [-0.4, -0.2) is 18.1 Å². The summed E-state index contributed by atoms with van der Waals surface area (Å²) in [5.74, 6) is -1.97. The zero-order valence-corrected chi connectivity index (χ0v) is 8.73. The highest BCUT2D eigenvalue weighted by Crippen LogP contribution is 2.24. The number of nitrogens with one attached hydrogen (secondary N) is 1. The van der Waals surface area contributed by atoms with E-state index in [1.54, 1.807) is 0 Å². The topological polar surface area (TPSA) is 42.1 Å². The summed E-state index contributed by atoms with van der Waals surface area (Å²) < 4.78 is 31.1. The zero-order chi connectivity index (χ0) is 11.9. The minimum atomic E-state index is -0.704. The largest absolute Gasteiger partial charge is 0.464 e. The molecule has 0 saturated heterocycles. The summed E-state index contributed by atoms with van der Waals surface area (Å²) in [5, 5.41) is 0.180. The first-order valence-electron chi connectivity index (χ1n) is 4.60. The summed E-state index contributed by atoms with van der Waals surface area (Å²) in [5.41, 5.74) is 0.648. The van der Waals surface area contributed by atoms with Crippen LogP contribution < -0.4 is 0 Å². The van der Waals surface area contributed by atoms with Crippen LogP contribution in [0, 0.1) is 18.6 Å². The fourth-order valence-electron chi connectivity index (χ4n) is 1.58. The first-order chi connectivity index (χ1) is 7.54. The van der Waals surface area contributed by atoms with Gasteiger partial charge in [0.05, 0.1) is 12.6 Å². The minimum Gasteiger partial charge on any atom is -0.464 e. The Morgan fingerprint density at radius 3 is 2.62 bits per heavy atom. The molecule has 0 saturated carbocycles. The Bertz CT molecular complexity index is 575. The third-order valence-electron chi connectivity index (χ3n) is 2.47. The number of ether oxygens (including phenoxy) is 1. The van der Waals surface area contributed by atoms with Crippen LogP contribution in [0.2, 0.25) is 0 Å². The highest BCUT2D eigenvalue weighted by Gasteiger charge is 2.15. The molecule has 0 spiro atoms. The van der Waals surface area contributed by atoms with Gasteiger partial charge in [-0.2, -0.15) is 0 Å². The summed E-state index contributed by atoms with van der Waals surface area (Å²) in [6.07, 6.45) is 0. The van der Waals surface area contributed by atoms with E-state index in [2.05, 4.69) is 9.72 Å². The average Bonchev–Trinajstić information content (AvgIpc) is 2.70. The number of fused-ring (bicyclic) bond motifs is 1. The molecule has 84 valence electrons. The average molecular weight is 225 g/mol. The van der Waals surface area contributed by atoms with Crippen LogP contribution in [0.3, 0.4) is 0 Å². The number of aromatic nitrogens is 1. The first kappa shape index (κ1) is 10.6. The fourth-order valence-corrected chi connectivity index (χ4v) is 1.58. The molecule has 1 aromatic heterocycles. The molecule has 3 nitrogen and oxygen atoms in total. The van der Waals surface area contributed by atoms with Gasteiger partial charge in [0.25, 0.3) is 0 Å². The molecule has 5 heteroatoms. The van der Waals surface area contributed by atoms with Gasteiger partial charge in [-0.15, -0.1) is 0 Å². The van der Waals surface area contributed by atoms with E-state index < -0.39 is 17.6 Å². The van der Waals surface area contributed by atoms with Gasteiger partial charge in [0.15, 0.2) is 0 Å². The molecule has 0 aliphatic heterocycles. The van der Waals surface area contributed by atoms with E-state index >= 15 is 0 Å². The van der Waals surface area contributed by atoms with Crippen LogP contribution in [-0.2, 0) is 4.74 Å². The summed E-state index contributed by atoms with van der Waals surface area (Å²) >= 11 is 0. The summed E-state index contributed by atoms with van der Waals surface area (Å²) in [6.45, 7) is 1.51. The Hall–Kier alpha value is -1.91. The van der Waals surface area contributed by atoms with Crippen molar-refractivity contribution in [2.24, 2.45) is 0 Å². The second-order valence-corrected chi connectivity index (χ2v) is 3.43. The molecule has 0 bridgehead atoms. The summed E-state index contributed by atoms with van der Waals surface area (Å²) in [4.78, 5) is 13.9. The maximum absolute atomic E-state index is 13.4. The second-order valence-electron chi connectivity index (χ2n) is 3.43. The number of H-pyrrole nitrogens is 1. The maximum Gasteiger partial charge on any atom is 0.354 e. The lowest BCUT2D eigenvalue weighted by atomic mass is 10.1. The summed E-state index contributed by atoms with van der Waals surface area (Å²) in [7, 11) is 1.22. The van der Waals surface area contributed by atoms with Crippen molar-refractivity contribution in [1.82, 2.24) is 4.98 Å². The standard InChI is InChI=1S/C11H9F2NO2/c1-5-7(12)4-8(13)6-3-9(11(15)16-2)14-10(5)6/h3-4,14H,1-2H3.